The van der Waals surface area contributed by atoms with E-state index in [1.54, 1.807) is 19.6 Å². The fraction of sp³-hybridized carbons (Fsp3) is 0.200. The van der Waals surface area contributed by atoms with Crippen LogP contribution in [0, 0.1) is 0 Å². The Morgan fingerprint density at radius 3 is 2.81 bits per heavy atom. The quantitative estimate of drug-likeness (QED) is 0.315. The SMILES string of the molecule is CCC(Nc1ncnc2nc[nH]c12)c1cc(-c2cnc3[nH]cc(N4C=CN=CC4)c3c2)cnc1OC. The third-order valence-corrected chi connectivity index (χ3v) is 6.26. The van der Waals surface area contributed by atoms with Crippen molar-refractivity contribution in [2.75, 3.05) is 23.9 Å². The number of nitrogens with zero attached hydrogens (tertiary/aromatic N) is 7. The molecule has 0 saturated heterocycles. The number of anilines is 2. The average Bonchev–Trinajstić information content (AvgIpc) is 3.59. The molecular formula is C25H24N10O. The maximum absolute atomic E-state index is 5.63. The Balaban J connectivity index is 1.38. The van der Waals surface area contributed by atoms with Gasteiger partial charge in [0.2, 0.25) is 5.88 Å². The summed E-state index contributed by atoms with van der Waals surface area (Å²) in [6, 6.07) is 4.13. The number of aromatic amines is 2. The van der Waals surface area contributed by atoms with E-state index < -0.39 is 0 Å². The Bertz CT molecular complexity index is 1600. The highest BCUT2D eigenvalue weighted by Crippen LogP contribution is 2.35. The number of ether oxygens (including phenoxy) is 1. The average molecular weight is 481 g/mol. The zero-order valence-electron chi connectivity index (χ0n) is 19.8. The van der Waals surface area contributed by atoms with Crippen LogP contribution in [-0.4, -0.2) is 54.8 Å². The lowest BCUT2D eigenvalue weighted by Crippen LogP contribution is -2.19. The van der Waals surface area contributed by atoms with E-state index in [-0.39, 0.29) is 6.04 Å². The number of nitrogens with one attached hydrogen (secondary N) is 3. The molecule has 1 unspecified atom stereocenters. The highest BCUT2D eigenvalue weighted by atomic mass is 16.5. The van der Waals surface area contributed by atoms with Gasteiger partial charge >= 0.3 is 0 Å². The number of aromatic nitrogens is 7. The van der Waals surface area contributed by atoms with Gasteiger partial charge in [0.25, 0.3) is 0 Å². The van der Waals surface area contributed by atoms with E-state index in [4.69, 9.17) is 4.74 Å². The molecule has 0 aliphatic carbocycles. The first kappa shape index (κ1) is 21.7. The minimum absolute atomic E-state index is 0.105. The van der Waals surface area contributed by atoms with Crippen LogP contribution < -0.4 is 15.0 Å². The predicted molar refractivity (Wildman–Crippen MR) is 139 cm³/mol. The Kier molecular flexibility index (Phi) is 5.49. The van der Waals surface area contributed by atoms with E-state index in [9.17, 15) is 0 Å². The molecule has 1 atom stereocenters. The summed E-state index contributed by atoms with van der Waals surface area (Å²) < 4.78 is 5.63. The summed E-state index contributed by atoms with van der Waals surface area (Å²) in [5.41, 5.74) is 6.06. The first-order valence-electron chi connectivity index (χ1n) is 11.6. The van der Waals surface area contributed by atoms with Crippen molar-refractivity contribution < 1.29 is 4.74 Å². The van der Waals surface area contributed by atoms with Crippen LogP contribution in [0.1, 0.15) is 24.9 Å². The Hall–Kier alpha value is -4.80. The van der Waals surface area contributed by atoms with E-state index in [2.05, 4.69) is 69.2 Å². The van der Waals surface area contributed by atoms with E-state index in [1.165, 1.54) is 6.33 Å². The van der Waals surface area contributed by atoms with Gasteiger partial charge in [0, 0.05) is 59.3 Å². The lowest BCUT2D eigenvalue weighted by atomic mass is 10.0. The molecule has 0 fully saturated rings. The van der Waals surface area contributed by atoms with Gasteiger partial charge in [0.15, 0.2) is 11.5 Å². The smallest absolute Gasteiger partial charge is 0.218 e. The Labute approximate surface area is 206 Å². The zero-order valence-corrected chi connectivity index (χ0v) is 19.8. The van der Waals surface area contributed by atoms with Gasteiger partial charge in [-0.05, 0) is 18.6 Å². The van der Waals surface area contributed by atoms with Gasteiger partial charge in [-0.3, -0.25) is 4.99 Å². The standard InChI is InChI=1S/C25H24N10O/c1-3-19(34-24-21-23(31-13-30-21)32-14-33-24)17-8-15(11-29-25(17)36-2)16-9-18-20(12-28-22(18)27-10-16)35-6-4-26-5-7-35/h4-6,8-14,19H,3,7H2,1-2H3,(H,27,28)(H2,30,31,32,33,34). The molecule has 3 N–H and O–H groups in total. The van der Waals surface area contributed by atoms with Crippen molar-refractivity contribution in [2.45, 2.75) is 19.4 Å². The zero-order chi connectivity index (χ0) is 24.5. The monoisotopic (exact) mass is 480 g/mol. The van der Waals surface area contributed by atoms with Crippen molar-refractivity contribution in [1.82, 2.24) is 34.9 Å². The maximum Gasteiger partial charge on any atom is 0.218 e. The van der Waals surface area contributed by atoms with Crippen LogP contribution in [-0.2, 0) is 0 Å². The first-order chi connectivity index (χ1) is 17.7. The highest BCUT2D eigenvalue weighted by Gasteiger charge is 2.20. The normalized spacial score (nSPS) is 14.0. The number of pyridine rings is 2. The van der Waals surface area contributed by atoms with Gasteiger partial charge in [-0.15, -0.1) is 0 Å². The second-order valence-corrected chi connectivity index (χ2v) is 8.33. The first-order valence-corrected chi connectivity index (χ1v) is 11.6. The van der Waals surface area contributed by atoms with Gasteiger partial charge in [-0.25, -0.2) is 24.9 Å². The molecule has 0 saturated carbocycles. The third kappa shape index (κ3) is 3.80. The molecule has 5 aromatic heterocycles. The maximum atomic E-state index is 5.63. The summed E-state index contributed by atoms with van der Waals surface area (Å²) in [7, 11) is 1.63. The van der Waals surface area contributed by atoms with Crippen LogP contribution in [0.3, 0.4) is 0 Å². The molecule has 1 aliphatic heterocycles. The van der Waals surface area contributed by atoms with Gasteiger partial charge in [-0.1, -0.05) is 6.92 Å². The summed E-state index contributed by atoms with van der Waals surface area (Å²) in [6.45, 7) is 2.81. The molecule has 0 radical (unpaired) electrons. The summed E-state index contributed by atoms with van der Waals surface area (Å²) in [4.78, 5) is 34.8. The fourth-order valence-corrected chi connectivity index (χ4v) is 4.43. The Morgan fingerprint density at radius 2 is 1.97 bits per heavy atom. The molecule has 0 amide bonds. The van der Waals surface area contributed by atoms with Gasteiger partial charge in [-0.2, -0.15) is 0 Å². The van der Waals surface area contributed by atoms with E-state index >= 15 is 0 Å². The lowest BCUT2D eigenvalue weighted by Gasteiger charge is -2.21. The van der Waals surface area contributed by atoms with Crippen molar-refractivity contribution >= 4 is 39.9 Å². The number of H-pyrrole nitrogens is 2. The largest absolute Gasteiger partial charge is 0.481 e. The molecule has 0 bridgehead atoms. The molecule has 11 heteroatoms. The molecule has 0 spiro atoms. The number of fused-ring (bicyclic) bond motifs is 2. The summed E-state index contributed by atoms with van der Waals surface area (Å²) in [5, 5.41) is 4.54. The molecule has 180 valence electrons. The molecule has 36 heavy (non-hydrogen) atoms. The number of aliphatic imine (C=N–C) groups is 1. The summed E-state index contributed by atoms with van der Waals surface area (Å²) in [5.74, 6) is 1.23. The van der Waals surface area contributed by atoms with Crippen LogP contribution in [0.2, 0.25) is 0 Å². The number of hydrogen-bond acceptors (Lipinski definition) is 9. The van der Waals surface area contributed by atoms with Crippen molar-refractivity contribution in [1.29, 1.82) is 0 Å². The van der Waals surface area contributed by atoms with Crippen LogP contribution in [0.4, 0.5) is 11.5 Å². The molecule has 1 aliphatic rings. The fourth-order valence-electron chi connectivity index (χ4n) is 4.43. The molecule has 0 aromatic carbocycles. The van der Waals surface area contributed by atoms with Crippen molar-refractivity contribution in [2.24, 2.45) is 4.99 Å². The van der Waals surface area contributed by atoms with Crippen LogP contribution in [0.15, 0.2) is 60.8 Å². The van der Waals surface area contributed by atoms with Crippen LogP contribution >= 0.6 is 0 Å². The molecule has 6 heterocycles. The van der Waals surface area contributed by atoms with Crippen molar-refractivity contribution in [3.8, 4) is 17.0 Å². The Morgan fingerprint density at radius 1 is 1.08 bits per heavy atom. The van der Waals surface area contributed by atoms with Crippen LogP contribution in [0.25, 0.3) is 33.3 Å². The number of methoxy groups -OCH3 is 1. The molecule has 6 rings (SSSR count). The topological polar surface area (TPSA) is 133 Å². The lowest BCUT2D eigenvalue weighted by molar-refractivity contribution is 0.389. The molecule has 11 nitrogen and oxygen atoms in total. The minimum atomic E-state index is -0.105. The van der Waals surface area contributed by atoms with Gasteiger partial charge in [0.05, 0.1) is 31.7 Å². The van der Waals surface area contributed by atoms with E-state index in [0.29, 0.717) is 23.9 Å². The summed E-state index contributed by atoms with van der Waals surface area (Å²) >= 11 is 0. The second kappa shape index (κ2) is 9.10. The molecule has 5 aromatic rings. The van der Waals surface area contributed by atoms with E-state index in [1.807, 2.05) is 31.0 Å². The highest BCUT2D eigenvalue weighted by molar-refractivity contribution is 5.94. The van der Waals surface area contributed by atoms with E-state index in [0.717, 1.165) is 45.3 Å². The number of rotatable bonds is 7. The number of hydrogen-bond donors (Lipinski definition) is 3. The predicted octanol–water partition coefficient (Wildman–Crippen LogP) is 4.23. The van der Waals surface area contributed by atoms with Crippen LogP contribution in [0.5, 0.6) is 5.88 Å². The minimum Gasteiger partial charge on any atom is -0.481 e. The summed E-state index contributed by atoms with van der Waals surface area (Å²) in [6.07, 6.45) is 15.2. The van der Waals surface area contributed by atoms with Gasteiger partial charge < -0.3 is 24.9 Å². The van der Waals surface area contributed by atoms with Crippen molar-refractivity contribution in [3.05, 3.63) is 61.3 Å². The molecular weight excluding hydrogens is 456 g/mol. The third-order valence-electron chi connectivity index (χ3n) is 6.26. The second-order valence-electron chi connectivity index (χ2n) is 8.33. The van der Waals surface area contributed by atoms with Gasteiger partial charge in [0.1, 0.15) is 17.5 Å². The van der Waals surface area contributed by atoms with Crippen molar-refractivity contribution in [3.63, 3.8) is 0 Å². The number of imidazole rings is 1.